The van der Waals surface area contributed by atoms with Crippen LogP contribution in [0.5, 0.6) is 0 Å². The Hall–Kier alpha value is -0.830. The van der Waals surface area contributed by atoms with Crippen LogP contribution < -0.4 is 5.32 Å². The highest BCUT2D eigenvalue weighted by Gasteiger charge is 2.33. The van der Waals surface area contributed by atoms with Crippen LogP contribution in [0, 0.1) is 0 Å². The van der Waals surface area contributed by atoms with Crippen molar-refractivity contribution in [1.29, 1.82) is 0 Å². The number of benzene rings is 1. The molecule has 2 aromatic rings. The zero-order chi connectivity index (χ0) is 13.2. The lowest BCUT2D eigenvalue weighted by Crippen LogP contribution is -2.35. The van der Waals surface area contributed by atoms with Crippen LogP contribution in [0.15, 0.2) is 41.8 Å². The fourth-order valence-electron chi connectivity index (χ4n) is 2.37. The molecule has 2 rings (SSSR count). The van der Waals surface area contributed by atoms with Crippen molar-refractivity contribution in [2.45, 2.75) is 25.3 Å². The summed E-state index contributed by atoms with van der Waals surface area (Å²) in [6.45, 7) is 4.50. The van der Waals surface area contributed by atoms with Crippen LogP contribution in [0.2, 0.25) is 5.02 Å². The summed E-state index contributed by atoms with van der Waals surface area (Å²) in [5, 5.41) is 6.31. The molecule has 1 heterocycles. The van der Waals surface area contributed by atoms with Gasteiger partial charge in [0.1, 0.15) is 0 Å². The quantitative estimate of drug-likeness (QED) is 0.860. The second-order valence-corrected chi connectivity index (χ2v) is 6.30. The van der Waals surface area contributed by atoms with E-state index in [9.17, 15) is 0 Å². The van der Waals surface area contributed by atoms with E-state index in [1.54, 1.807) is 11.3 Å². The Morgan fingerprint density at radius 2 is 1.83 bits per heavy atom. The second-order valence-electron chi connectivity index (χ2n) is 4.94. The summed E-state index contributed by atoms with van der Waals surface area (Å²) in [5.74, 6) is 0. The van der Waals surface area contributed by atoms with Crippen molar-refractivity contribution >= 4 is 22.9 Å². The average Bonchev–Trinajstić information content (AvgIpc) is 2.78. The molecule has 96 valence electrons. The Morgan fingerprint density at radius 1 is 1.17 bits per heavy atom. The highest BCUT2D eigenvalue weighted by molar-refractivity contribution is 7.10. The smallest absolute Gasteiger partial charge is 0.0561 e. The molecule has 0 spiro atoms. The van der Waals surface area contributed by atoms with Gasteiger partial charge in [-0.15, -0.1) is 11.3 Å². The Labute approximate surface area is 118 Å². The van der Waals surface area contributed by atoms with Crippen LogP contribution in [-0.4, -0.2) is 7.05 Å². The van der Waals surface area contributed by atoms with Gasteiger partial charge in [-0.3, -0.25) is 0 Å². The number of hydrogen-bond acceptors (Lipinski definition) is 2. The van der Waals surface area contributed by atoms with Gasteiger partial charge in [-0.25, -0.2) is 0 Å². The second kappa shape index (κ2) is 5.43. The van der Waals surface area contributed by atoms with Crippen LogP contribution in [0.3, 0.4) is 0 Å². The Balaban J connectivity index is 2.42. The van der Waals surface area contributed by atoms with E-state index in [-0.39, 0.29) is 11.5 Å². The molecule has 0 fully saturated rings. The van der Waals surface area contributed by atoms with Gasteiger partial charge in [0.25, 0.3) is 0 Å². The first-order valence-corrected chi connectivity index (χ1v) is 7.29. The highest BCUT2D eigenvalue weighted by atomic mass is 35.5. The highest BCUT2D eigenvalue weighted by Crippen LogP contribution is 2.41. The third-order valence-corrected chi connectivity index (χ3v) is 4.86. The van der Waals surface area contributed by atoms with Crippen LogP contribution in [0.1, 0.15) is 30.3 Å². The molecular formula is C15H18ClNS. The molecule has 0 aliphatic carbocycles. The topological polar surface area (TPSA) is 12.0 Å². The summed E-state index contributed by atoms with van der Waals surface area (Å²) in [5.41, 5.74) is 1.30. The summed E-state index contributed by atoms with van der Waals surface area (Å²) in [6.07, 6.45) is 0. The average molecular weight is 280 g/mol. The van der Waals surface area contributed by atoms with Crippen molar-refractivity contribution in [3.05, 3.63) is 57.2 Å². The number of halogens is 1. The van der Waals surface area contributed by atoms with Crippen molar-refractivity contribution in [2.75, 3.05) is 7.05 Å². The third-order valence-electron chi connectivity index (χ3n) is 3.44. The number of hydrogen-bond donors (Lipinski definition) is 1. The zero-order valence-electron chi connectivity index (χ0n) is 10.9. The standard InChI is InChI=1S/C15H18ClNS/c1-15(2,11-7-5-4-6-8-11)14(17-3)13-12(16)9-10-18-13/h4-10,14,17H,1-3H3. The molecule has 3 heteroatoms. The Morgan fingerprint density at radius 3 is 2.33 bits per heavy atom. The third kappa shape index (κ3) is 2.46. The lowest BCUT2D eigenvalue weighted by Gasteiger charge is -2.34. The van der Waals surface area contributed by atoms with Crippen LogP contribution in [-0.2, 0) is 5.41 Å². The van der Waals surface area contributed by atoms with Crippen molar-refractivity contribution in [3.63, 3.8) is 0 Å². The fraction of sp³-hybridized carbons (Fsp3) is 0.333. The molecule has 0 amide bonds. The molecule has 0 saturated carbocycles. The van der Waals surface area contributed by atoms with Gasteiger partial charge in [-0.2, -0.15) is 0 Å². The first kappa shape index (κ1) is 13.6. The summed E-state index contributed by atoms with van der Waals surface area (Å²) in [7, 11) is 1.99. The minimum Gasteiger partial charge on any atom is -0.312 e. The monoisotopic (exact) mass is 279 g/mol. The molecule has 0 bridgehead atoms. The fourth-order valence-corrected chi connectivity index (χ4v) is 3.83. The summed E-state index contributed by atoms with van der Waals surface area (Å²) >= 11 is 7.99. The largest absolute Gasteiger partial charge is 0.312 e. The van der Waals surface area contributed by atoms with Gasteiger partial charge >= 0.3 is 0 Å². The van der Waals surface area contributed by atoms with Crippen LogP contribution >= 0.6 is 22.9 Å². The molecule has 1 atom stereocenters. The Bertz CT molecular complexity index is 504. The summed E-state index contributed by atoms with van der Waals surface area (Å²) in [4.78, 5) is 1.20. The predicted octanol–water partition coefficient (Wildman–Crippen LogP) is 4.64. The van der Waals surface area contributed by atoms with Gasteiger partial charge in [-0.05, 0) is 24.1 Å². The molecule has 1 aromatic heterocycles. The predicted molar refractivity (Wildman–Crippen MR) is 80.6 cm³/mol. The first-order chi connectivity index (χ1) is 8.57. The van der Waals surface area contributed by atoms with Crippen molar-refractivity contribution in [1.82, 2.24) is 5.32 Å². The van der Waals surface area contributed by atoms with E-state index in [2.05, 4.69) is 43.4 Å². The number of likely N-dealkylation sites (N-methyl/N-ethyl adjacent to an activating group) is 1. The normalized spacial score (nSPS) is 13.6. The van der Waals surface area contributed by atoms with E-state index >= 15 is 0 Å². The van der Waals surface area contributed by atoms with Crippen LogP contribution in [0.25, 0.3) is 0 Å². The van der Waals surface area contributed by atoms with E-state index in [0.717, 1.165) is 5.02 Å². The van der Waals surface area contributed by atoms with E-state index in [0.29, 0.717) is 0 Å². The molecule has 0 aliphatic rings. The first-order valence-electron chi connectivity index (χ1n) is 6.03. The summed E-state index contributed by atoms with van der Waals surface area (Å²) in [6, 6.07) is 12.7. The maximum Gasteiger partial charge on any atom is 0.0561 e. The van der Waals surface area contributed by atoms with Crippen molar-refractivity contribution in [3.8, 4) is 0 Å². The van der Waals surface area contributed by atoms with Gasteiger partial charge in [-0.1, -0.05) is 55.8 Å². The lowest BCUT2D eigenvalue weighted by molar-refractivity contribution is 0.374. The SMILES string of the molecule is CNC(c1sccc1Cl)C(C)(C)c1ccccc1. The molecule has 1 nitrogen and oxygen atoms in total. The van der Waals surface area contributed by atoms with Crippen LogP contribution in [0.4, 0.5) is 0 Å². The molecule has 1 aromatic carbocycles. The van der Waals surface area contributed by atoms with Gasteiger partial charge in [0.15, 0.2) is 0 Å². The lowest BCUT2D eigenvalue weighted by atomic mass is 9.77. The van der Waals surface area contributed by atoms with Gasteiger partial charge in [0.05, 0.1) is 11.1 Å². The van der Waals surface area contributed by atoms with Gasteiger partial charge in [0, 0.05) is 10.3 Å². The summed E-state index contributed by atoms with van der Waals surface area (Å²) < 4.78 is 0. The molecule has 18 heavy (non-hydrogen) atoms. The van der Waals surface area contributed by atoms with E-state index in [4.69, 9.17) is 11.6 Å². The Kier molecular flexibility index (Phi) is 4.10. The molecule has 0 radical (unpaired) electrons. The van der Waals surface area contributed by atoms with Crippen molar-refractivity contribution in [2.24, 2.45) is 0 Å². The van der Waals surface area contributed by atoms with Crippen molar-refractivity contribution < 1.29 is 0 Å². The maximum absolute atomic E-state index is 6.28. The molecule has 0 aliphatic heterocycles. The minimum absolute atomic E-state index is 0.00942. The number of rotatable bonds is 4. The molecule has 0 saturated heterocycles. The van der Waals surface area contributed by atoms with Gasteiger partial charge in [0.2, 0.25) is 0 Å². The number of thiophene rings is 1. The number of nitrogens with one attached hydrogen (secondary N) is 1. The van der Waals surface area contributed by atoms with E-state index < -0.39 is 0 Å². The van der Waals surface area contributed by atoms with E-state index in [1.165, 1.54) is 10.4 Å². The zero-order valence-corrected chi connectivity index (χ0v) is 12.5. The molecule has 1 N–H and O–H groups in total. The molecule has 1 unspecified atom stereocenters. The minimum atomic E-state index is -0.00942. The molecular weight excluding hydrogens is 262 g/mol. The van der Waals surface area contributed by atoms with Gasteiger partial charge < -0.3 is 5.32 Å². The maximum atomic E-state index is 6.28. The van der Waals surface area contributed by atoms with E-state index in [1.807, 2.05) is 24.6 Å².